The Hall–Kier alpha value is -3.74. The standard InChI is InChI=1S/C24H21NO6/c1-2-6-15-13-22(27)31-20-14-16(10-11-17(15)20)30-21(26)9-5-12-25-23(28)18-7-3-4-8-19(18)24(25)29/h3-4,7-8,10-11,13-14H,2,5-6,9,12H2,1H3. The van der Waals surface area contributed by atoms with Crippen molar-refractivity contribution in [2.24, 2.45) is 0 Å². The largest absolute Gasteiger partial charge is 0.426 e. The maximum absolute atomic E-state index is 12.4. The highest BCUT2D eigenvalue weighted by Gasteiger charge is 2.34. The molecule has 0 radical (unpaired) electrons. The van der Waals surface area contributed by atoms with Crippen molar-refractivity contribution in [3.8, 4) is 5.75 Å². The number of esters is 1. The van der Waals surface area contributed by atoms with Crippen molar-refractivity contribution in [2.75, 3.05) is 6.54 Å². The lowest BCUT2D eigenvalue weighted by atomic mass is 10.1. The van der Waals surface area contributed by atoms with Crippen molar-refractivity contribution in [1.82, 2.24) is 4.90 Å². The Morgan fingerprint density at radius 3 is 2.39 bits per heavy atom. The molecule has 31 heavy (non-hydrogen) atoms. The van der Waals surface area contributed by atoms with E-state index in [1.54, 1.807) is 36.4 Å². The van der Waals surface area contributed by atoms with Gasteiger partial charge in [-0.2, -0.15) is 0 Å². The molecule has 7 nitrogen and oxygen atoms in total. The summed E-state index contributed by atoms with van der Waals surface area (Å²) in [4.78, 5) is 49.9. The molecule has 0 aliphatic carbocycles. The Kier molecular flexibility index (Phi) is 5.66. The summed E-state index contributed by atoms with van der Waals surface area (Å²) in [5, 5.41) is 0.812. The van der Waals surface area contributed by atoms with Gasteiger partial charge in [-0.3, -0.25) is 19.3 Å². The van der Waals surface area contributed by atoms with Gasteiger partial charge in [0.15, 0.2) is 0 Å². The number of benzene rings is 2. The Labute approximate surface area is 178 Å². The number of hydrogen-bond acceptors (Lipinski definition) is 6. The van der Waals surface area contributed by atoms with Crippen LogP contribution in [0.15, 0.2) is 57.7 Å². The molecule has 0 unspecified atom stereocenters. The summed E-state index contributed by atoms with van der Waals surface area (Å²) in [7, 11) is 0. The van der Waals surface area contributed by atoms with Crippen molar-refractivity contribution >= 4 is 28.8 Å². The van der Waals surface area contributed by atoms with Crippen molar-refractivity contribution in [3.63, 3.8) is 0 Å². The lowest BCUT2D eigenvalue weighted by molar-refractivity contribution is -0.134. The third-order valence-corrected chi connectivity index (χ3v) is 5.19. The number of rotatable bonds is 7. The average Bonchev–Trinajstić information content (AvgIpc) is 2.99. The minimum Gasteiger partial charge on any atom is -0.426 e. The number of carbonyl (C=O) groups is 3. The molecule has 2 heterocycles. The van der Waals surface area contributed by atoms with Gasteiger partial charge in [0, 0.05) is 30.5 Å². The summed E-state index contributed by atoms with van der Waals surface area (Å²) in [6.45, 7) is 2.16. The van der Waals surface area contributed by atoms with Crippen LogP contribution in [-0.4, -0.2) is 29.2 Å². The van der Waals surface area contributed by atoms with E-state index < -0.39 is 11.6 Å². The molecule has 0 saturated heterocycles. The Morgan fingerprint density at radius 2 is 1.71 bits per heavy atom. The third kappa shape index (κ3) is 4.12. The van der Waals surface area contributed by atoms with Crippen molar-refractivity contribution in [3.05, 3.63) is 75.6 Å². The molecular formula is C24H21NO6. The first kappa shape index (κ1) is 20.5. The monoisotopic (exact) mass is 419 g/mol. The van der Waals surface area contributed by atoms with Gasteiger partial charge in [-0.25, -0.2) is 4.79 Å². The second-order valence-electron chi connectivity index (χ2n) is 7.38. The van der Waals surface area contributed by atoms with Crippen LogP contribution in [-0.2, 0) is 11.2 Å². The van der Waals surface area contributed by atoms with Crippen LogP contribution in [0.5, 0.6) is 5.75 Å². The zero-order chi connectivity index (χ0) is 22.0. The fourth-order valence-corrected chi connectivity index (χ4v) is 3.76. The van der Waals surface area contributed by atoms with Crippen LogP contribution in [0.1, 0.15) is 52.5 Å². The third-order valence-electron chi connectivity index (χ3n) is 5.19. The van der Waals surface area contributed by atoms with E-state index in [1.165, 1.54) is 12.1 Å². The molecular weight excluding hydrogens is 398 g/mol. The summed E-state index contributed by atoms with van der Waals surface area (Å²) in [5.41, 5.74) is 1.59. The van der Waals surface area contributed by atoms with Crippen LogP contribution < -0.4 is 10.4 Å². The summed E-state index contributed by atoms with van der Waals surface area (Å²) in [6, 6.07) is 13.1. The van der Waals surface area contributed by atoms with Gasteiger partial charge in [0.1, 0.15) is 11.3 Å². The molecule has 0 bridgehead atoms. The van der Waals surface area contributed by atoms with Gasteiger partial charge < -0.3 is 9.15 Å². The zero-order valence-electron chi connectivity index (χ0n) is 17.1. The van der Waals surface area contributed by atoms with Gasteiger partial charge in [0.2, 0.25) is 0 Å². The van der Waals surface area contributed by atoms with E-state index in [0.29, 0.717) is 16.7 Å². The Bertz CT molecular complexity index is 1210. The molecule has 158 valence electrons. The summed E-state index contributed by atoms with van der Waals surface area (Å²) in [5.74, 6) is -0.916. The van der Waals surface area contributed by atoms with Gasteiger partial charge in [-0.05, 0) is 42.7 Å². The normalized spacial score (nSPS) is 13.0. The van der Waals surface area contributed by atoms with Crippen LogP contribution in [0.3, 0.4) is 0 Å². The van der Waals surface area contributed by atoms with Gasteiger partial charge in [0.25, 0.3) is 11.8 Å². The SMILES string of the molecule is CCCc1cc(=O)oc2cc(OC(=O)CCCN3C(=O)c4ccccc4C3=O)ccc12. The highest BCUT2D eigenvalue weighted by molar-refractivity contribution is 6.21. The van der Waals surface area contributed by atoms with Crippen LogP contribution in [0.2, 0.25) is 0 Å². The molecule has 0 N–H and O–H groups in total. The highest BCUT2D eigenvalue weighted by atomic mass is 16.5. The number of carbonyl (C=O) groups excluding carboxylic acids is 3. The Morgan fingerprint density at radius 1 is 1.00 bits per heavy atom. The molecule has 0 fully saturated rings. The molecule has 1 aliphatic rings. The quantitative estimate of drug-likeness (QED) is 0.251. The number of nitrogens with zero attached hydrogens (tertiary/aromatic N) is 1. The van der Waals surface area contributed by atoms with E-state index in [-0.39, 0.29) is 37.0 Å². The number of hydrogen-bond donors (Lipinski definition) is 0. The first-order valence-electron chi connectivity index (χ1n) is 10.2. The molecule has 2 aromatic carbocycles. The average molecular weight is 419 g/mol. The predicted octanol–water partition coefficient (Wildman–Crippen LogP) is 3.73. The van der Waals surface area contributed by atoms with E-state index in [4.69, 9.17) is 9.15 Å². The number of fused-ring (bicyclic) bond motifs is 2. The fourth-order valence-electron chi connectivity index (χ4n) is 3.76. The van der Waals surface area contributed by atoms with E-state index >= 15 is 0 Å². The number of aryl methyl sites for hydroxylation is 1. The van der Waals surface area contributed by atoms with Gasteiger partial charge >= 0.3 is 11.6 Å². The molecule has 0 saturated carbocycles. The van der Waals surface area contributed by atoms with Gasteiger partial charge in [-0.1, -0.05) is 25.5 Å². The molecule has 0 spiro atoms. The van der Waals surface area contributed by atoms with E-state index in [9.17, 15) is 19.2 Å². The van der Waals surface area contributed by atoms with E-state index in [0.717, 1.165) is 28.7 Å². The Balaban J connectivity index is 1.37. The van der Waals surface area contributed by atoms with Gasteiger partial charge in [-0.15, -0.1) is 0 Å². The molecule has 1 aromatic heterocycles. The number of imide groups is 1. The minimum atomic E-state index is -0.497. The van der Waals surface area contributed by atoms with Crippen molar-refractivity contribution < 1.29 is 23.5 Å². The summed E-state index contributed by atoms with van der Waals surface area (Å²) < 4.78 is 10.6. The molecule has 4 rings (SSSR count). The van der Waals surface area contributed by atoms with Gasteiger partial charge in [0.05, 0.1) is 11.1 Å². The lowest BCUT2D eigenvalue weighted by Crippen LogP contribution is -2.31. The smallest absolute Gasteiger partial charge is 0.336 e. The first-order valence-corrected chi connectivity index (χ1v) is 10.2. The zero-order valence-corrected chi connectivity index (χ0v) is 17.1. The topological polar surface area (TPSA) is 93.9 Å². The van der Waals surface area contributed by atoms with Crippen molar-refractivity contribution in [2.45, 2.75) is 32.6 Å². The predicted molar refractivity (Wildman–Crippen MR) is 113 cm³/mol. The van der Waals surface area contributed by atoms with Crippen molar-refractivity contribution in [1.29, 1.82) is 0 Å². The fraction of sp³-hybridized carbons (Fsp3) is 0.250. The number of amides is 2. The first-order chi connectivity index (χ1) is 15.0. The lowest BCUT2D eigenvalue weighted by Gasteiger charge is -2.13. The second-order valence-corrected chi connectivity index (χ2v) is 7.38. The van der Waals surface area contributed by atoms with E-state index in [1.807, 2.05) is 6.92 Å². The maximum atomic E-state index is 12.4. The molecule has 7 heteroatoms. The molecule has 3 aromatic rings. The summed E-state index contributed by atoms with van der Waals surface area (Å²) >= 11 is 0. The van der Waals surface area contributed by atoms with Crippen LogP contribution in [0.25, 0.3) is 11.0 Å². The number of ether oxygens (including phenoxy) is 1. The van der Waals surface area contributed by atoms with Crippen LogP contribution >= 0.6 is 0 Å². The molecule has 1 aliphatic heterocycles. The summed E-state index contributed by atoms with van der Waals surface area (Å²) in [6.07, 6.45) is 1.96. The minimum absolute atomic E-state index is 0.0330. The van der Waals surface area contributed by atoms with Crippen LogP contribution in [0.4, 0.5) is 0 Å². The van der Waals surface area contributed by atoms with E-state index in [2.05, 4.69) is 0 Å². The maximum Gasteiger partial charge on any atom is 0.336 e. The second kappa shape index (κ2) is 8.55. The van der Waals surface area contributed by atoms with Crippen LogP contribution in [0, 0.1) is 0 Å². The highest BCUT2D eigenvalue weighted by Crippen LogP contribution is 2.25. The molecule has 2 amide bonds. The molecule has 0 atom stereocenters.